The first-order valence-electron chi connectivity index (χ1n) is 6.39. The van der Waals surface area contributed by atoms with Gasteiger partial charge in [0.1, 0.15) is 0 Å². The number of methoxy groups -OCH3 is 1. The zero-order chi connectivity index (χ0) is 15.2. The topological polar surface area (TPSA) is 52.3 Å². The van der Waals surface area contributed by atoms with Crippen molar-refractivity contribution in [2.24, 2.45) is 0 Å². The largest absolute Gasteiger partial charge is 0.465 e. The molecule has 2 aromatic rings. The molecule has 0 amide bonds. The van der Waals surface area contributed by atoms with Crippen molar-refractivity contribution in [2.75, 3.05) is 12.8 Å². The van der Waals surface area contributed by atoms with Crippen LogP contribution in [-0.4, -0.2) is 13.1 Å². The molecule has 2 aromatic carbocycles. The molecule has 3 nitrogen and oxygen atoms in total. The van der Waals surface area contributed by atoms with Crippen molar-refractivity contribution in [3.05, 3.63) is 64.2 Å². The van der Waals surface area contributed by atoms with Crippen molar-refractivity contribution in [2.45, 2.75) is 11.5 Å². The minimum atomic E-state index is -0.393. The summed E-state index contributed by atoms with van der Waals surface area (Å²) in [6, 6.07) is 13.2. The first-order valence-corrected chi connectivity index (χ1v) is 7.93. The van der Waals surface area contributed by atoms with E-state index in [9.17, 15) is 4.79 Å². The van der Waals surface area contributed by atoms with E-state index < -0.39 is 5.97 Å². The number of nitrogens with two attached hydrogens (primary N) is 1. The highest BCUT2D eigenvalue weighted by Gasteiger charge is 2.15. The summed E-state index contributed by atoms with van der Waals surface area (Å²) in [5.74, 6) is 1.14. The highest BCUT2D eigenvalue weighted by atomic mass is 35.5. The van der Waals surface area contributed by atoms with Gasteiger partial charge in [-0.2, -0.15) is 11.8 Å². The van der Waals surface area contributed by atoms with Gasteiger partial charge in [0.15, 0.2) is 0 Å². The lowest BCUT2D eigenvalue weighted by molar-refractivity contribution is 0.0601. The molecule has 0 atom stereocenters. The van der Waals surface area contributed by atoms with Gasteiger partial charge in [-0.1, -0.05) is 35.9 Å². The molecule has 5 heteroatoms. The van der Waals surface area contributed by atoms with Crippen LogP contribution in [0.25, 0.3) is 0 Å². The first kappa shape index (κ1) is 15.7. The molecule has 0 aromatic heterocycles. The fourth-order valence-corrected chi connectivity index (χ4v) is 3.07. The number of ether oxygens (including phenoxy) is 1. The summed E-state index contributed by atoms with van der Waals surface area (Å²) in [6.45, 7) is 0. The number of esters is 1. The number of thioether (sulfide) groups is 1. The molecule has 0 bridgehead atoms. The molecule has 21 heavy (non-hydrogen) atoms. The Balaban J connectivity index is 2.05. The van der Waals surface area contributed by atoms with Gasteiger partial charge in [-0.3, -0.25) is 0 Å². The number of hydrogen-bond acceptors (Lipinski definition) is 4. The van der Waals surface area contributed by atoms with Gasteiger partial charge in [-0.15, -0.1) is 0 Å². The van der Waals surface area contributed by atoms with Crippen LogP contribution in [0.3, 0.4) is 0 Å². The highest BCUT2D eigenvalue weighted by Crippen LogP contribution is 2.25. The maximum atomic E-state index is 11.8. The molecule has 2 rings (SSSR count). The Morgan fingerprint density at radius 1 is 1.19 bits per heavy atom. The Labute approximate surface area is 133 Å². The summed E-state index contributed by atoms with van der Waals surface area (Å²) in [5, 5.41) is 0.729. The SMILES string of the molecule is COC(=O)c1c(N)cccc1CSCc1ccc(Cl)cc1. The van der Waals surface area contributed by atoms with Crippen LogP contribution >= 0.6 is 23.4 Å². The molecule has 0 unspecified atom stereocenters. The van der Waals surface area contributed by atoms with Crippen LogP contribution in [-0.2, 0) is 16.2 Å². The third kappa shape index (κ3) is 4.16. The van der Waals surface area contributed by atoms with E-state index in [0.29, 0.717) is 17.0 Å². The predicted octanol–water partition coefficient (Wildman–Crippen LogP) is 4.14. The van der Waals surface area contributed by atoms with Gasteiger partial charge in [-0.25, -0.2) is 4.79 Å². The second-order valence-corrected chi connectivity index (χ2v) is 5.91. The quantitative estimate of drug-likeness (QED) is 0.664. The van der Waals surface area contributed by atoms with Crippen LogP contribution in [0.5, 0.6) is 0 Å². The average molecular weight is 322 g/mol. The molecule has 0 aliphatic heterocycles. The van der Waals surface area contributed by atoms with E-state index in [-0.39, 0.29) is 0 Å². The molecule has 0 saturated heterocycles. The third-order valence-electron chi connectivity index (χ3n) is 3.01. The van der Waals surface area contributed by atoms with Crippen LogP contribution in [0, 0.1) is 0 Å². The predicted molar refractivity (Wildman–Crippen MR) is 88.6 cm³/mol. The minimum absolute atomic E-state index is 0.393. The molecule has 2 N–H and O–H groups in total. The molecule has 0 aliphatic rings. The molecule has 0 heterocycles. The van der Waals surface area contributed by atoms with Crippen LogP contribution in [0.4, 0.5) is 5.69 Å². The van der Waals surface area contributed by atoms with Crippen molar-refractivity contribution in [1.29, 1.82) is 0 Å². The van der Waals surface area contributed by atoms with E-state index in [1.807, 2.05) is 36.4 Å². The van der Waals surface area contributed by atoms with Crippen molar-refractivity contribution in [3.8, 4) is 0 Å². The lowest BCUT2D eigenvalue weighted by Crippen LogP contribution is -2.09. The van der Waals surface area contributed by atoms with Gasteiger partial charge in [0.05, 0.1) is 12.7 Å². The second-order valence-electron chi connectivity index (χ2n) is 4.49. The van der Waals surface area contributed by atoms with Crippen LogP contribution in [0.15, 0.2) is 42.5 Å². The number of nitrogen functional groups attached to an aromatic ring is 1. The zero-order valence-corrected chi connectivity index (χ0v) is 13.2. The summed E-state index contributed by atoms with van der Waals surface area (Å²) >= 11 is 7.57. The van der Waals surface area contributed by atoms with Gasteiger partial charge in [0, 0.05) is 22.2 Å². The Bertz CT molecular complexity index is 629. The first-order chi connectivity index (χ1) is 10.1. The Kier molecular flexibility index (Phi) is 5.53. The molecule has 0 saturated carbocycles. The Hall–Kier alpha value is -1.65. The number of rotatable bonds is 5. The average Bonchev–Trinajstić information content (AvgIpc) is 2.49. The standard InChI is InChI=1S/C16H16ClNO2S/c1-20-16(19)15-12(3-2-4-14(15)18)10-21-9-11-5-7-13(17)8-6-11/h2-8H,9-10,18H2,1H3. The minimum Gasteiger partial charge on any atom is -0.465 e. The van der Waals surface area contributed by atoms with Crippen molar-refractivity contribution < 1.29 is 9.53 Å². The fourth-order valence-electron chi connectivity index (χ4n) is 1.95. The van der Waals surface area contributed by atoms with Crippen LogP contribution in [0.2, 0.25) is 5.02 Å². The lowest BCUT2D eigenvalue weighted by atomic mass is 10.1. The summed E-state index contributed by atoms with van der Waals surface area (Å²) in [4.78, 5) is 11.8. The molecule has 0 aliphatic carbocycles. The molecule has 0 fully saturated rings. The smallest absolute Gasteiger partial charge is 0.340 e. The second kappa shape index (κ2) is 7.38. The van der Waals surface area contributed by atoms with E-state index in [1.165, 1.54) is 12.7 Å². The maximum Gasteiger partial charge on any atom is 0.340 e. The molecular formula is C16H16ClNO2S. The van der Waals surface area contributed by atoms with Crippen LogP contribution in [0.1, 0.15) is 21.5 Å². The van der Waals surface area contributed by atoms with Crippen molar-refractivity contribution in [3.63, 3.8) is 0 Å². The van der Waals surface area contributed by atoms with Crippen LogP contribution < -0.4 is 5.73 Å². The molecule has 0 spiro atoms. The van der Waals surface area contributed by atoms with Gasteiger partial charge in [-0.05, 0) is 29.3 Å². The summed E-state index contributed by atoms with van der Waals surface area (Å²) in [7, 11) is 1.36. The van der Waals surface area contributed by atoms with E-state index >= 15 is 0 Å². The normalized spacial score (nSPS) is 10.4. The summed E-state index contributed by atoms with van der Waals surface area (Å²) in [5.41, 5.74) is 8.86. The number of benzene rings is 2. The Morgan fingerprint density at radius 3 is 2.57 bits per heavy atom. The maximum absolute atomic E-state index is 11.8. The zero-order valence-electron chi connectivity index (χ0n) is 11.6. The van der Waals surface area contributed by atoms with Gasteiger partial charge < -0.3 is 10.5 Å². The molecule has 0 radical (unpaired) electrons. The van der Waals surface area contributed by atoms with Gasteiger partial charge in [0.2, 0.25) is 0 Å². The number of carbonyl (C=O) groups is 1. The molecular weight excluding hydrogens is 306 g/mol. The Morgan fingerprint density at radius 2 is 1.90 bits per heavy atom. The number of hydrogen-bond donors (Lipinski definition) is 1. The van der Waals surface area contributed by atoms with Gasteiger partial charge in [0.25, 0.3) is 0 Å². The summed E-state index contributed by atoms with van der Waals surface area (Å²) < 4.78 is 4.79. The van der Waals surface area contributed by atoms with E-state index in [1.54, 1.807) is 17.8 Å². The van der Waals surface area contributed by atoms with Crippen molar-refractivity contribution >= 4 is 35.0 Å². The highest BCUT2D eigenvalue weighted by molar-refractivity contribution is 7.97. The van der Waals surface area contributed by atoms with Crippen molar-refractivity contribution in [1.82, 2.24) is 0 Å². The number of halogens is 1. The van der Waals surface area contributed by atoms with Gasteiger partial charge >= 0.3 is 5.97 Å². The third-order valence-corrected chi connectivity index (χ3v) is 4.32. The van der Waals surface area contributed by atoms with E-state index in [2.05, 4.69) is 0 Å². The van der Waals surface area contributed by atoms with E-state index in [4.69, 9.17) is 22.1 Å². The van der Waals surface area contributed by atoms with E-state index in [0.717, 1.165) is 16.3 Å². The monoisotopic (exact) mass is 321 g/mol. The number of anilines is 1. The lowest BCUT2D eigenvalue weighted by Gasteiger charge is -2.10. The molecule has 110 valence electrons. The summed E-state index contributed by atoms with van der Waals surface area (Å²) in [6.07, 6.45) is 0. The fraction of sp³-hybridized carbons (Fsp3) is 0.188. The number of carbonyl (C=O) groups excluding carboxylic acids is 1.